The van der Waals surface area contributed by atoms with Crippen LogP contribution in [0.15, 0.2) is 35.4 Å². The molecule has 0 aliphatic rings. The summed E-state index contributed by atoms with van der Waals surface area (Å²) in [7, 11) is -1.99. The monoisotopic (exact) mass is 281 g/mol. The lowest BCUT2D eigenvalue weighted by Crippen LogP contribution is -2.23. The minimum absolute atomic E-state index is 0.174. The number of ether oxygens (including phenoxy) is 1. The number of rotatable bonds is 5. The van der Waals surface area contributed by atoms with E-state index in [9.17, 15) is 8.42 Å². The number of benzene rings is 1. The van der Waals surface area contributed by atoms with Crippen molar-refractivity contribution in [3.8, 4) is 5.75 Å². The summed E-state index contributed by atoms with van der Waals surface area (Å²) in [4.78, 5) is 0.213. The van der Waals surface area contributed by atoms with Gasteiger partial charge in [-0.15, -0.1) is 0 Å². The molecule has 0 amide bonds. The highest BCUT2D eigenvalue weighted by molar-refractivity contribution is 7.89. The van der Waals surface area contributed by atoms with Crippen molar-refractivity contribution >= 4 is 10.0 Å². The predicted octanol–water partition coefficient (Wildman–Crippen LogP) is 1.21. The van der Waals surface area contributed by atoms with Crippen molar-refractivity contribution in [2.75, 3.05) is 7.11 Å². The Hall–Kier alpha value is -1.86. The van der Waals surface area contributed by atoms with Gasteiger partial charge < -0.3 is 4.74 Å². The quantitative estimate of drug-likeness (QED) is 0.862. The van der Waals surface area contributed by atoms with Gasteiger partial charge in [-0.2, -0.15) is 5.10 Å². The Morgan fingerprint density at radius 1 is 1.37 bits per heavy atom. The van der Waals surface area contributed by atoms with Crippen LogP contribution in [0.2, 0.25) is 0 Å². The maximum Gasteiger partial charge on any atom is 0.240 e. The lowest BCUT2D eigenvalue weighted by molar-refractivity contribution is 0.411. The van der Waals surface area contributed by atoms with Crippen molar-refractivity contribution in [2.24, 2.45) is 0 Å². The number of hydrogen-bond acceptors (Lipinski definition) is 4. The number of hydrogen-bond donors (Lipinski definition) is 2. The largest absolute Gasteiger partial charge is 0.496 e. The van der Waals surface area contributed by atoms with Gasteiger partial charge >= 0.3 is 0 Å². The van der Waals surface area contributed by atoms with Crippen LogP contribution in [0.3, 0.4) is 0 Å². The summed E-state index contributed by atoms with van der Waals surface area (Å²) < 4.78 is 31.8. The standard InChI is InChI=1S/C12H15N3O3S/c1-9-7-11(3-4-12(9)18-2)19(16,17)14-8-10-5-6-13-15-10/h3-7,14H,8H2,1-2H3,(H,13,15). The zero-order chi connectivity index (χ0) is 13.9. The van der Waals surface area contributed by atoms with Gasteiger partial charge in [0, 0.05) is 6.20 Å². The normalized spacial score (nSPS) is 11.5. The molecule has 2 rings (SSSR count). The van der Waals surface area contributed by atoms with Crippen molar-refractivity contribution in [2.45, 2.75) is 18.4 Å². The molecule has 2 N–H and O–H groups in total. The Morgan fingerprint density at radius 2 is 2.16 bits per heavy atom. The van der Waals surface area contributed by atoms with Gasteiger partial charge in [-0.25, -0.2) is 13.1 Å². The molecule has 0 spiro atoms. The fraction of sp³-hybridized carbons (Fsp3) is 0.250. The van der Waals surface area contributed by atoms with Gasteiger partial charge in [-0.1, -0.05) is 0 Å². The number of H-pyrrole nitrogens is 1. The molecular formula is C12H15N3O3S. The number of methoxy groups -OCH3 is 1. The molecule has 1 heterocycles. The molecule has 0 radical (unpaired) electrons. The highest BCUT2D eigenvalue weighted by Crippen LogP contribution is 2.21. The predicted molar refractivity (Wildman–Crippen MR) is 70.3 cm³/mol. The van der Waals surface area contributed by atoms with Crippen LogP contribution in [-0.2, 0) is 16.6 Å². The first-order valence-electron chi connectivity index (χ1n) is 5.65. The number of nitrogens with zero attached hydrogens (tertiary/aromatic N) is 1. The minimum atomic E-state index is -3.54. The van der Waals surface area contributed by atoms with Crippen LogP contribution >= 0.6 is 0 Å². The van der Waals surface area contributed by atoms with Gasteiger partial charge in [-0.05, 0) is 36.8 Å². The second-order valence-corrected chi connectivity index (χ2v) is 5.80. The fourth-order valence-electron chi connectivity index (χ4n) is 1.66. The molecule has 19 heavy (non-hydrogen) atoms. The number of nitrogens with one attached hydrogen (secondary N) is 2. The smallest absolute Gasteiger partial charge is 0.240 e. The van der Waals surface area contributed by atoms with E-state index in [1.165, 1.54) is 6.07 Å². The summed E-state index contributed by atoms with van der Waals surface area (Å²) in [5.74, 6) is 0.660. The van der Waals surface area contributed by atoms with Gasteiger partial charge in [-0.3, -0.25) is 5.10 Å². The molecule has 1 aromatic carbocycles. The number of aromatic nitrogens is 2. The lowest BCUT2D eigenvalue weighted by Gasteiger charge is -2.09. The van der Waals surface area contributed by atoms with E-state index >= 15 is 0 Å². The third-order valence-electron chi connectivity index (χ3n) is 2.69. The van der Waals surface area contributed by atoms with Crippen LogP contribution in [0.1, 0.15) is 11.3 Å². The third-order valence-corrected chi connectivity index (χ3v) is 4.09. The fourth-order valence-corrected chi connectivity index (χ4v) is 2.75. The number of aryl methyl sites for hydroxylation is 1. The van der Waals surface area contributed by atoms with Crippen molar-refractivity contribution in [3.63, 3.8) is 0 Å². The van der Waals surface area contributed by atoms with Crippen LogP contribution in [0, 0.1) is 6.92 Å². The zero-order valence-electron chi connectivity index (χ0n) is 10.7. The molecule has 0 saturated carbocycles. The molecule has 7 heteroatoms. The number of sulfonamides is 1. The van der Waals surface area contributed by atoms with Gasteiger partial charge in [0.15, 0.2) is 0 Å². The van der Waals surface area contributed by atoms with E-state index in [2.05, 4.69) is 14.9 Å². The molecule has 0 fully saturated rings. The molecule has 0 bridgehead atoms. The summed E-state index contributed by atoms with van der Waals surface area (Å²) in [6.45, 7) is 1.97. The van der Waals surface area contributed by atoms with E-state index < -0.39 is 10.0 Å². The molecule has 0 aliphatic heterocycles. The van der Waals surface area contributed by atoms with Gasteiger partial charge in [0.05, 0.1) is 24.2 Å². The lowest BCUT2D eigenvalue weighted by atomic mass is 10.2. The second kappa shape index (κ2) is 5.41. The van der Waals surface area contributed by atoms with E-state index in [1.807, 2.05) is 0 Å². The molecular weight excluding hydrogens is 266 g/mol. The highest BCUT2D eigenvalue weighted by Gasteiger charge is 2.15. The number of aromatic amines is 1. The van der Waals surface area contributed by atoms with E-state index in [4.69, 9.17) is 4.74 Å². The molecule has 0 unspecified atom stereocenters. The topological polar surface area (TPSA) is 84.1 Å². The molecule has 0 atom stereocenters. The molecule has 0 aliphatic carbocycles. The Bertz CT molecular complexity index is 651. The maximum atomic E-state index is 12.1. The van der Waals surface area contributed by atoms with Crippen molar-refractivity contribution in [1.82, 2.24) is 14.9 Å². The van der Waals surface area contributed by atoms with E-state index in [1.54, 1.807) is 38.4 Å². The van der Waals surface area contributed by atoms with E-state index in [0.29, 0.717) is 11.4 Å². The SMILES string of the molecule is COc1ccc(S(=O)(=O)NCc2ccn[nH]2)cc1C. The average Bonchev–Trinajstić information content (AvgIpc) is 2.89. The van der Waals surface area contributed by atoms with E-state index in [0.717, 1.165) is 5.56 Å². The first-order chi connectivity index (χ1) is 9.03. The summed E-state index contributed by atoms with van der Waals surface area (Å²) in [5.41, 5.74) is 1.47. The minimum Gasteiger partial charge on any atom is -0.496 e. The van der Waals surface area contributed by atoms with Crippen molar-refractivity contribution in [1.29, 1.82) is 0 Å². The van der Waals surface area contributed by atoms with Crippen LogP contribution in [0.25, 0.3) is 0 Å². The molecule has 6 nitrogen and oxygen atoms in total. The average molecular weight is 281 g/mol. The Kier molecular flexibility index (Phi) is 3.87. The van der Waals surface area contributed by atoms with Crippen LogP contribution in [-0.4, -0.2) is 25.7 Å². The summed E-state index contributed by atoms with van der Waals surface area (Å²) in [6, 6.07) is 6.44. The zero-order valence-corrected chi connectivity index (χ0v) is 11.5. The van der Waals surface area contributed by atoms with E-state index in [-0.39, 0.29) is 11.4 Å². The Balaban J connectivity index is 2.17. The Labute approximate surface area is 111 Å². The summed E-state index contributed by atoms with van der Waals surface area (Å²) in [6.07, 6.45) is 1.57. The van der Waals surface area contributed by atoms with Crippen LogP contribution in [0.4, 0.5) is 0 Å². The summed E-state index contributed by atoms with van der Waals surface area (Å²) in [5, 5.41) is 6.45. The highest BCUT2D eigenvalue weighted by atomic mass is 32.2. The van der Waals surface area contributed by atoms with Crippen LogP contribution in [0.5, 0.6) is 5.75 Å². The first kappa shape index (κ1) is 13.6. The maximum absolute atomic E-state index is 12.1. The molecule has 2 aromatic rings. The van der Waals surface area contributed by atoms with Crippen LogP contribution < -0.4 is 9.46 Å². The molecule has 0 saturated heterocycles. The van der Waals surface area contributed by atoms with Crippen molar-refractivity contribution < 1.29 is 13.2 Å². The summed E-state index contributed by atoms with van der Waals surface area (Å²) >= 11 is 0. The second-order valence-electron chi connectivity index (χ2n) is 4.04. The van der Waals surface area contributed by atoms with Crippen molar-refractivity contribution in [3.05, 3.63) is 41.7 Å². The molecule has 1 aromatic heterocycles. The first-order valence-corrected chi connectivity index (χ1v) is 7.14. The molecule has 102 valence electrons. The third kappa shape index (κ3) is 3.12. The van der Waals surface area contributed by atoms with Gasteiger partial charge in [0.25, 0.3) is 0 Å². The van der Waals surface area contributed by atoms with Gasteiger partial charge in [0.1, 0.15) is 5.75 Å². The Morgan fingerprint density at radius 3 is 2.74 bits per heavy atom. The van der Waals surface area contributed by atoms with Gasteiger partial charge in [0.2, 0.25) is 10.0 Å².